The molecule has 3 N–H and O–H groups in total. The van der Waals surface area contributed by atoms with Crippen molar-refractivity contribution < 1.29 is 19.8 Å². The van der Waals surface area contributed by atoms with Gasteiger partial charge in [0.25, 0.3) is 0 Å². The molecule has 1 aromatic rings. The normalized spacial score (nSPS) is 13.5. The van der Waals surface area contributed by atoms with Crippen LogP contribution >= 0.6 is 0 Å². The molecule has 19 heavy (non-hydrogen) atoms. The molecule has 1 aliphatic rings. The number of aliphatic carboxylic acids is 2. The Morgan fingerprint density at radius 2 is 1.37 bits per heavy atom. The van der Waals surface area contributed by atoms with Crippen LogP contribution in [0.25, 0.3) is 0 Å². The second-order valence-electron chi connectivity index (χ2n) is 4.31. The average Bonchev–Trinajstić information content (AvgIpc) is 2.62. The fourth-order valence-electron chi connectivity index (χ4n) is 1.83. The number of carboxylic acids is 2. The van der Waals surface area contributed by atoms with Crippen molar-refractivity contribution in [1.82, 2.24) is 5.32 Å². The van der Waals surface area contributed by atoms with Crippen molar-refractivity contribution in [1.29, 1.82) is 0 Å². The van der Waals surface area contributed by atoms with Crippen LogP contribution in [-0.4, -0.2) is 35.2 Å². The quantitative estimate of drug-likeness (QED) is 0.767. The van der Waals surface area contributed by atoms with Crippen molar-refractivity contribution in [3.63, 3.8) is 0 Å². The molecule has 1 aromatic carbocycles. The summed E-state index contributed by atoms with van der Waals surface area (Å²) in [5, 5.41) is 19.2. The highest BCUT2D eigenvalue weighted by atomic mass is 16.4. The third-order valence-electron chi connectivity index (χ3n) is 2.81. The largest absolute Gasteiger partial charge is 0.481 e. The van der Waals surface area contributed by atoms with E-state index in [2.05, 4.69) is 29.6 Å². The van der Waals surface area contributed by atoms with E-state index >= 15 is 0 Å². The summed E-state index contributed by atoms with van der Waals surface area (Å²) >= 11 is 0. The van der Waals surface area contributed by atoms with Crippen LogP contribution in [0.3, 0.4) is 0 Å². The Kier molecular flexibility index (Phi) is 6.60. The monoisotopic (exact) mass is 265 g/mol. The molecule has 0 saturated carbocycles. The van der Waals surface area contributed by atoms with Gasteiger partial charge in [0, 0.05) is 0 Å². The first kappa shape index (κ1) is 15.2. The highest BCUT2D eigenvalue weighted by Crippen LogP contribution is 2.11. The van der Waals surface area contributed by atoms with E-state index < -0.39 is 11.9 Å². The predicted octanol–water partition coefficient (Wildman–Crippen LogP) is 1.31. The minimum atomic E-state index is -1.08. The highest BCUT2D eigenvalue weighted by Gasteiger charge is 2.04. The van der Waals surface area contributed by atoms with Gasteiger partial charge in [-0.25, -0.2) is 0 Å². The number of fused-ring (bicyclic) bond motifs is 1. The van der Waals surface area contributed by atoms with E-state index in [-0.39, 0.29) is 12.8 Å². The van der Waals surface area contributed by atoms with Crippen molar-refractivity contribution in [3.8, 4) is 0 Å². The number of hydrogen-bond acceptors (Lipinski definition) is 3. The van der Waals surface area contributed by atoms with Crippen molar-refractivity contribution in [2.24, 2.45) is 0 Å². The summed E-state index contributed by atoms with van der Waals surface area (Å²) in [6.45, 7) is 2.27. The minimum Gasteiger partial charge on any atom is -0.481 e. The fourth-order valence-corrected chi connectivity index (χ4v) is 1.83. The van der Waals surface area contributed by atoms with Gasteiger partial charge in [-0.05, 0) is 37.1 Å². The average molecular weight is 265 g/mol. The maximum absolute atomic E-state index is 9.64. The number of carboxylic acid groups (broad SMARTS) is 2. The molecule has 104 valence electrons. The minimum absolute atomic E-state index is 0.296. The molecule has 2 rings (SSSR count). The highest BCUT2D eigenvalue weighted by molar-refractivity contribution is 5.75. The molecule has 0 spiro atoms. The summed E-state index contributed by atoms with van der Waals surface area (Å²) < 4.78 is 0. The Bertz CT molecular complexity index is 392. The van der Waals surface area contributed by atoms with E-state index in [1.165, 1.54) is 24.0 Å². The molecule has 0 unspecified atom stereocenters. The SMILES string of the molecule is O=C(O)CCC(=O)O.c1ccc2c(c1)CCNCC2. The van der Waals surface area contributed by atoms with E-state index in [0.29, 0.717) is 0 Å². The Morgan fingerprint density at radius 3 is 1.74 bits per heavy atom. The molecule has 0 saturated heterocycles. The summed E-state index contributed by atoms with van der Waals surface area (Å²) in [4.78, 5) is 19.3. The van der Waals surface area contributed by atoms with Crippen LogP contribution in [0.1, 0.15) is 24.0 Å². The van der Waals surface area contributed by atoms with Gasteiger partial charge >= 0.3 is 11.9 Å². The molecule has 0 aliphatic carbocycles. The standard InChI is InChI=1S/C10H13N.C4H6O4/c1-2-4-10-6-8-11-7-5-9(10)3-1;5-3(6)1-2-4(7)8/h1-4,11H,5-8H2;1-2H2,(H,5,6)(H,7,8). The molecule has 0 bridgehead atoms. The summed E-state index contributed by atoms with van der Waals surface area (Å²) in [7, 11) is 0. The second kappa shape index (κ2) is 8.26. The van der Waals surface area contributed by atoms with Gasteiger partial charge in [-0.3, -0.25) is 9.59 Å². The van der Waals surface area contributed by atoms with Gasteiger partial charge in [0.15, 0.2) is 0 Å². The van der Waals surface area contributed by atoms with Crippen LogP contribution in [-0.2, 0) is 22.4 Å². The molecule has 1 aliphatic heterocycles. The lowest BCUT2D eigenvalue weighted by Gasteiger charge is -2.01. The van der Waals surface area contributed by atoms with E-state index in [9.17, 15) is 9.59 Å². The van der Waals surface area contributed by atoms with Gasteiger partial charge < -0.3 is 15.5 Å². The van der Waals surface area contributed by atoms with E-state index in [4.69, 9.17) is 10.2 Å². The molecule has 0 radical (unpaired) electrons. The number of hydrogen-bond donors (Lipinski definition) is 3. The third-order valence-corrected chi connectivity index (χ3v) is 2.81. The number of carbonyl (C=O) groups is 2. The smallest absolute Gasteiger partial charge is 0.303 e. The van der Waals surface area contributed by atoms with Gasteiger partial charge in [-0.1, -0.05) is 24.3 Å². The van der Waals surface area contributed by atoms with Crippen LogP contribution in [0, 0.1) is 0 Å². The van der Waals surface area contributed by atoms with Crippen molar-refractivity contribution in [2.45, 2.75) is 25.7 Å². The van der Waals surface area contributed by atoms with E-state index in [1.807, 2.05) is 0 Å². The molecule has 1 heterocycles. The van der Waals surface area contributed by atoms with Crippen molar-refractivity contribution in [2.75, 3.05) is 13.1 Å². The fraction of sp³-hybridized carbons (Fsp3) is 0.429. The number of rotatable bonds is 3. The lowest BCUT2D eigenvalue weighted by Crippen LogP contribution is -2.16. The molecule has 0 atom stereocenters. The zero-order valence-corrected chi connectivity index (χ0v) is 10.8. The van der Waals surface area contributed by atoms with Crippen LogP contribution in [0.2, 0.25) is 0 Å². The maximum atomic E-state index is 9.64. The van der Waals surface area contributed by atoms with Crippen LogP contribution in [0.5, 0.6) is 0 Å². The Balaban J connectivity index is 0.000000203. The Morgan fingerprint density at radius 1 is 0.947 bits per heavy atom. The summed E-state index contributed by atoms with van der Waals surface area (Å²) in [6.07, 6.45) is 1.79. The van der Waals surface area contributed by atoms with Gasteiger partial charge in [0.05, 0.1) is 12.8 Å². The van der Waals surface area contributed by atoms with Crippen LogP contribution in [0.4, 0.5) is 0 Å². The van der Waals surface area contributed by atoms with Crippen LogP contribution < -0.4 is 5.32 Å². The van der Waals surface area contributed by atoms with Crippen molar-refractivity contribution in [3.05, 3.63) is 35.4 Å². The lowest BCUT2D eigenvalue weighted by atomic mass is 10.0. The summed E-state index contributed by atoms with van der Waals surface area (Å²) in [5.41, 5.74) is 3.05. The third kappa shape index (κ3) is 6.57. The molecule has 0 amide bonds. The molecule has 5 nitrogen and oxygen atoms in total. The van der Waals surface area contributed by atoms with Crippen LogP contribution in [0.15, 0.2) is 24.3 Å². The van der Waals surface area contributed by atoms with E-state index in [1.54, 1.807) is 0 Å². The molecule has 5 heteroatoms. The Hall–Kier alpha value is -1.88. The van der Waals surface area contributed by atoms with Gasteiger partial charge in [-0.2, -0.15) is 0 Å². The van der Waals surface area contributed by atoms with Gasteiger partial charge in [-0.15, -0.1) is 0 Å². The number of benzene rings is 1. The first-order valence-corrected chi connectivity index (χ1v) is 6.30. The second-order valence-corrected chi connectivity index (χ2v) is 4.31. The zero-order valence-electron chi connectivity index (χ0n) is 10.8. The zero-order chi connectivity index (χ0) is 14.1. The molecule has 0 aromatic heterocycles. The lowest BCUT2D eigenvalue weighted by molar-refractivity contribution is -0.143. The molecular weight excluding hydrogens is 246 g/mol. The predicted molar refractivity (Wildman–Crippen MR) is 71.2 cm³/mol. The molecular formula is C14H19NO4. The first-order chi connectivity index (χ1) is 9.09. The summed E-state index contributed by atoms with van der Waals surface area (Å²) in [5.74, 6) is -2.15. The van der Waals surface area contributed by atoms with E-state index in [0.717, 1.165) is 13.1 Å². The topological polar surface area (TPSA) is 86.6 Å². The summed E-state index contributed by atoms with van der Waals surface area (Å²) in [6, 6.07) is 8.74. The number of nitrogens with one attached hydrogen (secondary N) is 1. The Labute approximate surface area is 112 Å². The first-order valence-electron chi connectivity index (χ1n) is 6.30. The van der Waals surface area contributed by atoms with Gasteiger partial charge in [0.2, 0.25) is 0 Å². The van der Waals surface area contributed by atoms with Gasteiger partial charge in [0.1, 0.15) is 0 Å². The van der Waals surface area contributed by atoms with Crippen molar-refractivity contribution >= 4 is 11.9 Å². The molecule has 0 fully saturated rings. The maximum Gasteiger partial charge on any atom is 0.303 e.